The van der Waals surface area contributed by atoms with Crippen LogP contribution in [0.3, 0.4) is 0 Å². The van der Waals surface area contributed by atoms with E-state index in [-0.39, 0.29) is 5.78 Å². The summed E-state index contributed by atoms with van der Waals surface area (Å²) in [6.07, 6.45) is 10.9. The Labute approximate surface area is 173 Å². The van der Waals surface area contributed by atoms with Crippen molar-refractivity contribution in [1.29, 1.82) is 0 Å². The highest BCUT2D eigenvalue weighted by Gasteiger charge is 2.52. The topological polar surface area (TPSA) is 46.6 Å². The van der Waals surface area contributed by atoms with Gasteiger partial charge in [-0.05, 0) is 73.8 Å². The van der Waals surface area contributed by atoms with Crippen molar-refractivity contribution < 1.29 is 14.3 Å². The lowest BCUT2D eigenvalue weighted by molar-refractivity contribution is -0.142. The van der Waals surface area contributed by atoms with E-state index in [9.17, 15) is 9.59 Å². The van der Waals surface area contributed by atoms with E-state index in [2.05, 4.69) is 4.90 Å². The van der Waals surface area contributed by atoms with Crippen molar-refractivity contribution in [2.24, 2.45) is 23.2 Å². The van der Waals surface area contributed by atoms with Crippen LogP contribution in [0.5, 0.6) is 5.75 Å². The second kappa shape index (κ2) is 6.33. The summed E-state index contributed by atoms with van der Waals surface area (Å²) in [5.74, 6) is 3.92. The molecule has 1 aromatic carbocycles. The molecule has 2 heterocycles. The zero-order chi connectivity index (χ0) is 19.6. The smallest absolute Gasteiger partial charge is 0.223 e. The van der Waals surface area contributed by atoms with Crippen molar-refractivity contribution in [3.63, 3.8) is 0 Å². The maximum absolute atomic E-state index is 13.2. The zero-order valence-corrected chi connectivity index (χ0v) is 17.2. The Morgan fingerprint density at radius 1 is 1.00 bits per heavy atom. The number of para-hydroxylation sites is 1. The minimum Gasteiger partial charge on any atom is -0.486 e. The van der Waals surface area contributed by atoms with Crippen LogP contribution in [0.1, 0.15) is 74.6 Å². The first-order valence-electron chi connectivity index (χ1n) is 11.6. The SMILES string of the molecule is O=C1CC2(CCN(C(=O)CC34CC5CC(CC(C5)C3)C4)CC2)Oc2ccccc21. The quantitative estimate of drug-likeness (QED) is 0.737. The molecule has 6 aliphatic rings. The molecule has 4 aliphatic carbocycles. The molecule has 1 amide bonds. The highest BCUT2D eigenvalue weighted by molar-refractivity contribution is 6.00. The summed E-state index contributed by atoms with van der Waals surface area (Å²) in [5.41, 5.74) is 0.596. The number of carbonyl (C=O) groups excluding carboxylic acids is 2. The molecule has 0 unspecified atom stereocenters. The maximum Gasteiger partial charge on any atom is 0.223 e. The van der Waals surface area contributed by atoms with Gasteiger partial charge in [0.15, 0.2) is 5.78 Å². The number of hydrogen-bond donors (Lipinski definition) is 0. The predicted molar refractivity (Wildman–Crippen MR) is 110 cm³/mol. The van der Waals surface area contributed by atoms with Crippen molar-refractivity contribution in [2.45, 2.75) is 69.8 Å². The van der Waals surface area contributed by atoms with Gasteiger partial charge in [0.05, 0.1) is 12.0 Å². The number of Topliss-reactive ketones (excluding diaryl/α,β-unsaturated/α-hetero) is 1. The van der Waals surface area contributed by atoms with Gasteiger partial charge < -0.3 is 9.64 Å². The second-order valence-corrected chi connectivity index (χ2v) is 10.9. The second-order valence-electron chi connectivity index (χ2n) is 10.9. The summed E-state index contributed by atoms with van der Waals surface area (Å²) in [5, 5.41) is 0. The number of amides is 1. The number of fused-ring (bicyclic) bond motifs is 1. The largest absolute Gasteiger partial charge is 0.486 e. The van der Waals surface area contributed by atoms with Crippen molar-refractivity contribution in [3.05, 3.63) is 29.8 Å². The van der Waals surface area contributed by atoms with E-state index in [0.717, 1.165) is 55.9 Å². The van der Waals surface area contributed by atoms with Crippen LogP contribution in [-0.2, 0) is 4.79 Å². The van der Waals surface area contributed by atoms with Crippen molar-refractivity contribution >= 4 is 11.7 Å². The van der Waals surface area contributed by atoms with E-state index >= 15 is 0 Å². The molecule has 4 nitrogen and oxygen atoms in total. The van der Waals surface area contributed by atoms with Gasteiger partial charge in [-0.15, -0.1) is 0 Å². The summed E-state index contributed by atoms with van der Waals surface area (Å²) in [4.78, 5) is 27.9. The maximum atomic E-state index is 13.2. The fraction of sp³-hybridized carbons (Fsp3) is 0.680. The zero-order valence-electron chi connectivity index (χ0n) is 17.2. The van der Waals surface area contributed by atoms with Crippen LogP contribution in [0, 0.1) is 23.2 Å². The van der Waals surface area contributed by atoms with Crippen molar-refractivity contribution in [1.82, 2.24) is 4.90 Å². The fourth-order valence-corrected chi connectivity index (χ4v) is 7.82. The molecule has 0 atom stereocenters. The van der Waals surface area contributed by atoms with Crippen LogP contribution in [0.15, 0.2) is 24.3 Å². The molecular weight excluding hydrogens is 362 g/mol. The van der Waals surface area contributed by atoms with E-state index in [1.807, 2.05) is 24.3 Å². The normalized spacial score (nSPS) is 36.8. The number of ketones is 1. The highest BCUT2D eigenvalue weighted by atomic mass is 16.5. The van der Waals surface area contributed by atoms with Crippen molar-refractivity contribution in [3.8, 4) is 5.75 Å². The van der Waals surface area contributed by atoms with E-state index < -0.39 is 5.60 Å². The lowest BCUT2D eigenvalue weighted by Crippen LogP contribution is -2.53. The summed E-state index contributed by atoms with van der Waals surface area (Å²) >= 11 is 0. The molecule has 4 saturated carbocycles. The Bertz CT molecular complexity index is 816. The van der Waals surface area contributed by atoms with Crippen LogP contribution >= 0.6 is 0 Å². The number of likely N-dealkylation sites (tertiary alicyclic amines) is 1. The number of nitrogens with zero attached hydrogens (tertiary/aromatic N) is 1. The Kier molecular flexibility index (Phi) is 3.92. The van der Waals surface area contributed by atoms with Gasteiger partial charge in [-0.25, -0.2) is 0 Å². The minimum absolute atomic E-state index is 0.181. The molecule has 2 aliphatic heterocycles. The first-order chi connectivity index (χ1) is 14.0. The van der Waals surface area contributed by atoms with Gasteiger partial charge in [0.2, 0.25) is 5.91 Å². The third kappa shape index (κ3) is 3.02. The lowest BCUT2D eigenvalue weighted by atomic mass is 9.49. The number of hydrogen-bond acceptors (Lipinski definition) is 3. The molecule has 7 rings (SSSR count). The van der Waals surface area contributed by atoms with E-state index in [1.165, 1.54) is 38.5 Å². The number of carbonyl (C=O) groups is 2. The third-order valence-electron chi connectivity index (χ3n) is 8.72. The molecule has 154 valence electrons. The minimum atomic E-state index is -0.414. The predicted octanol–water partition coefficient (Wildman–Crippen LogP) is 4.62. The van der Waals surface area contributed by atoms with Gasteiger partial charge in [0, 0.05) is 32.4 Å². The number of ether oxygens (including phenoxy) is 1. The van der Waals surface area contributed by atoms with Gasteiger partial charge >= 0.3 is 0 Å². The van der Waals surface area contributed by atoms with Gasteiger partial charge in [-0.3, -0.25) is 9.59 Å². The van der Waals surface area contributed by atoms with Crippen LogP contribution in [0.4, 0.5) is 0 Å². The van der Waals surface area contributed by atoms with Gasteiger partial charge in [-0.2, -0.15) is 0 Å². The summed E-state index contributed by atoms with van der Waals surface area (Å²) in [7, 11) is 0. The van der Waals surface area contributed by atoms with Gasteiger partial charge in [0.25, 0.3) is 0 Å². The molecule has 1 spiro atoms. The van der Waals surface area contributed by atoms with E-state index in [1.54, 1.807) is 0 Å². The van der Waals surface area contributed by atoms with E-state index in [0.29, 0.717) is 23.3 Å². The lowest BCUT2D eigenvalue weighted by Gasteiger charge is -2.57. The summed E-state index contributed by atoms with van der Waals surface area (Å²) < 4.78 is 6.33. The third-order valence-corrected chi connectivity index (χ3v) is 8.72. The first kappa shape index (κ1) is 18.0. The number of rotatable bonds is 2. The molecule has 0 aromatic heterocycles. The Morgan fingerprint density at radius 3 is 2.28 bits per heavy atom. The Morgan fingerprint density at radius 2 is 1.62 bits per heavy atom. The molecule has 1 saturated heterocycles. The molecule has 29 heavy (non-hydrogen) atoms. The molecule has 4 heteroatoms. The first-order valence-corrected chi connectivity index (χ1v) is 11.6. The van der Waals surface area contributed by atoms with Gasteiger partial charge in [0.1, 0.15) is 11.4 Å². The fourth-order valence-electron chi connectivity index (χ4n) is 7.82. The molecule has 4 bridgehead atoms. The Balaban J connectivity index is 1.12. The van der Waals surface area contributed by atoms with Gasteiger partial charge in [-0.1, -0.05) is 12.1 Å². The van der Waals surface area contributed by atoms with Crippen LogP contribution in [0.2, 0.25) is 0 Å². The summed E-state index contributed by atoms with van der Waals surface area (Å²) in [6.45, 7) is 1.45. The average molecular weight is 394 g/mol. The molecule has 0 radical (unpaired) electrons. The highest BCUT2D eigenvalue weighted by Crippen LogP contribution is 2.61. The summed E-state index contributed by atoms with van der Waals surface area (Å²) in [6, 6.07) is 7.58. The number of benzene rings is 1. The van der Waals surface area contributed by atoms with Crippen LogP contribution in [-0.4, -0.2) is 35.3 Å². The van der Waals surface area contributed by atoms with Crippen LogP contribution < -0.4 is 4.74 Å². The number of piperidine rings is 1. The monoisotopic (exact) mass is 393 g/mol. The van der Waals surface area contributed by atoms with Crippen LogP contribution in [0.25, 0.3) is 0 Å². The standard InChI is InChI=1S/C25H31NO3/c27-21-15-25(29-22-4-2-1-3-20(21)22)5-7-26(8-6-25)23(28)16-24-12-17-9-18(13-24)11-19(10-17)14-24/h1-4,17-19H,5-16H2. The molecule has 1 aromatic rings. The van der Waals surface area contributed by atoms with E-state index in [4.69, 9.17) is 4.74 Å². The van der Waals surface area contributed by atoms with Crippen molar-refractivity contribution in [2.75, 3.05) is 13.1 Å². The molecule has 5 fully saturated rings. The average Bonchev–Trinajstić information content (AvgIpc) is 2.67. The Hall–Kier alpha value is -1.84. The molecule has 0 N–H and O–H groups in total. The molecular formula is C25H31NO3.